The van der Waals surface area contributed by atoms with Crippen LogP contribution in [0.3, 0.4) is 0 Å². The van der Waals surface area contributed by atoms with E-state index in [0.29, 0.717) is 6.42 Å². The van der Waals surface area contributed by atoms with Gasteiger partial charge in [-0.3, -0.25) is 4.55 Å². The lowest BCUT2D eigenvalue weighted by Gasteiger charge is -2.09. The number of benzene rings is 1. The van der Waals surface area contributed by atoms with Gasteiger partial charge in [-0.1, -0.05) is 6.07 Å². The summed E-state index contributed by atoms with van der Waals surface area (Å²) in [5.41, 5.74) is 0.766. The normalized spacial score (nSPS) is 11.2. The van der Waals surface area contributed by atoms with Gasteiger partial charge in [0.05, 0.1) is 7.11 Å². The predicted molar refractivity (Wildman–Crippen MR) is 56.0 cm³/mol. The molecule has 2 N–H and O–H groups in total. The minimum Gasteiger partial charge on any atom is -0.493 e. The molecule has 0 heterocycles. The Labute approximate surface area is 93.4 Å². The van der Waals surface area contributed by atoms with E-state index in [9.17, 15) is 8.42 Å². The maximum atomic E-state index is 10.5. The van der Waals surface area contributed by atoms with E-state index in [1.54, 1.807) is 6.07 Å². The van der Waals surface area contributed by atoms with Gasteiger partial charge in [0.1, 0.15) is 0 Å². The van der Waals surface area contributed by atoms with E-state index >= 15 is 0 Å². The first-order valence-electron chi connectivity index (χ1n) is 4.41. The van der Waals surface area contributed by atoms with E-state index in [1.165, 1.54) is 19.2 Å². The summed E-state index contributed by atoms with van der Waals surface area (Å²) >= 11 is 0. The second-order valence-electron chi connectivity index (χ2n) is 2.97. The number of hydrogen-bond acceptors (Lipinski definition) is 5. The third-order valence-corrected chi connectivity index (χ3v) is 2.21. The van der Waals surface area contributed by atoms with Crippen LogP contribution in [0.2, 0.25) is 0 Å². The highest BCUT2D eigenvalue weighted by molar-refractivity contribution is 7.81. The number of hydrogen-bond donors (Lipinski definition) is 2. The van der Waals surface area contributed by atoms with E-state index in [-0.39, 0.29) is 18.1 Å². The molecule has 6 nitrogen and oxygen atoms in total. The predicted octanol–water partition coefficient (Wildman–Crippen LogP) is 0.412. The number of aliphatic hydroxyl groups excluding tert-OH is 1. The Morgan fingerprint density at radius 2 is 2.00 bits per heavy atom. The van der Waals surface area contributed by atoms with Crippen LogP contribution in [0, 0.1) is 0 Å². The van der Waals surface area contributed by atoms with Gasteiger partial charge in [0.15, 0.2) is 11.5 Å². The first-order chi connectivity index (χ1) is 7.46. The van der Waals surface area contributed by atoms with Gasteiger partial charge in [-0.05, 0) is 24.1 Å². The first-order valence-corrected chi connectivity index (χ1v) is 5.77. The van der Waals surface area contributed by atoms with Crippen LogP contribution in [0.15, 0.2) is 18.2 Å². The molecule has 0 saturated heterocycles. The fourth-order valence-electron chi connectivity index (χ4n) is 1.18. The number of ether oxygens (including phenoxy) is 1. The lowest BCUT2D eigenvalue weighted by Crippen LogP contribution is -2.07. The summed E-state index contributed by atoms with van der Waals surface area (Å²) in [5, 5.41) is 8.73. The summed E-state index contributed by atoms with van der Waals surface area (Å²) in [6, 6.07) is 4.44. The van der Waals surface area contributed by atoms with Crippen molar-refractivity contribution < 1.29 is 27.0 Å². The summed E-state index contributed by atoms with van der Waals surface area (Å²) in [6.45, 7) is -0.0261. The van der Waals surface area contributed by atoms with Crippen LogP contribution < -0.4 is 8.92 Å². The summed E-state index contributed by atoms with van der Waals surface area (Å²) < 4.78 is 38.7. The molecule has 0 fully saturated rings. The molecule has 0 spiro atoms. The van der Waals surface area contributed by atoms with Crippen LogP contribution in [0.5, 0.6) is 11.5 Å². The van der Waals surface area contributed by atoms with Crippen LogP contribution in [-0.2, 0) is 16.8 Å². The zero-order chi connectivity index (χ0) is 12.2. The third kappa shape index (κ3) is 3.69. The maximum Gasteiger partial charge on any atom is 0.446 e. The van der Waals surface area contributed by atoms with Crippen molar-refractivity contribution in [2.24, 2.45) is 0 Å². The summed E-state index contributed by atoms with van der Waals surface area (Å²) in [4.78, 5) is 0. The van der Waals surface area contributed by atoms with Crippen LogP contribution in [0.4, 0.5) is 0 Å². The molecule has 1 aromatic carbocycles. The molecular formula is C9H12O6S. The average molecular weight is 248 g/mol. The Bertz CT molecular complexity index is 453. The summed E-state index contributed by atoms with van der Waals surface area (Å²) in [7, 11) is -3.22. The molecule has 0 aromatic heterocycles. The highest BCUT2D eigenvalue weighted by Gasteiger charge is 2.12. The zero-order valence-corrected chi connectivity index (χ0v) is 9.40. The van der Waals surface area contributed by atoms with Crippen molar-refractivity contribution in [1.82, 2.24) is 0 Å². The Hall–Kier alpha value is -1.31. The highest BCUT2D eigenvalue weighted by Crippen LogP contribution is 2.29. The lowest BCUT2D eigenvalue weighted by molar-refractivity contribution is 0.299. The monoisotopic (exact) mass is 248 g/mol. The molecule has 0 unspecified atom stereocenters. The van der Waals surface area contributed by atoms with Crippen molar-refractivity contribution in [3.05, 3.63) is 23.8 Å². The molecule has 0 bridgehead atoms. The van der Waals surface area contributed by atoms with Crippen molar-refractivity contribution in [2.75, 3.05) is 13.7 Å². The fraction of sp³-hybridized carbons (Fsp3) is 0.333. The van der Waals surface area contributed by atoms with Gasteiger partial charge >= 0.3 is 10.4 Å². The van der Waals surface area contributed by atoms with Crippen LogP contribution in [0.25, 0.3) is 0 Å². The number of rotatable bonds is 5. The van der Waals surface area contributed by atoms with Crippen molar-refractivity contribution in [1.29, 1.82) is 0 Å². The van der Waals surface area contributed by atoms with Crippen LogP contribution in [-0.4, -0.2) is 31.8 Å². The SMILES string of the molecule is COc1cc(CCO)ccc1OS(=O)(=O)O. The molecule has 0 saturated carbocycles. The van der Waals surface area contributed by atoms with E-state index in [2.05, 4.69) is 4.18 Å². The zero-order valence-electron chi connectivity index (χ0n) is 8.58. The molecule has 0 aliphatic carbocycles. The lowest BCUT2D eigenvalue weighted by atomic mass is 10.1. The highest BCUT2D eigenvalue weighted by atomic mass is 32.3. The topological polar surface area (TPSA) is 93.1 Å². The molecule has 0 atom stereocenters. The minimum atomic E-state index is -4.56. The maximum absolute atomic E-state index is 10.5. The Morgan fingerprint density at radius 1 is 1.31 bits per heavy atom. The molecule has 0 radical (unpaired) electrons. The van der Waals surface area contributed by atoms with E-state index in [4.69, 9.17) is 14.4 Å². The van der Waals surface area contributed by atoms with Crippen LogP contribution >= 0.6 is 0 Å². The molecule has 90 valence electrons. The van der Waals surface area contributed by atoms with Crippen LogP contribution in [0.1, 0.15) is 5.56 Å². The molecule has 0 aliphatic heterocycles. The third-order valence-electron chi connectivity index (χ3n) is 1.82. The standard InChI is InChI=1S/C9H12O6S/c1-14-9-6-7(4-5-10)2-3-8(9)15-16(11,12)13/h2-3,6,10H,4-5H2,1H3,(H,11,12,13). The molecule has 16 heavy (non-hydrogen) atoms. The van der Waals surface area contributed by atoms with Gasteiger partial charge in [-0.2, -0.15) is 8.42 Å². The Kier molecular flexibility index (Phi) is 4.11. The second kappa shape index (κ2) is 5.15. The van der Waals surface area contributed by atoms with Crippen molar-refractivity contribution in [2.45, 2.75) is 6.42 Å². The van der Waals surface area contributed by atoms with Gasteiger partial charge in [-0.25, -0.2) is 0 Å². The first kappa shape index (κ1) is 12.8. The second-order valence-corrected chi connectivity index (χ2v) is 3.99. The number of methoxy groups -OCH3 is 1. The van der Waals surface area contributed by atoms with Gasteiger partial charge in [0, 0.05) is 6.61 Å². The van der Waals surface area contributed by atoms with E-state index in [0.717, 1.165) is 5.56 Å². The summed E-state index contributed by atoms with van der Waals surface area (Å²) in [6.07, 6.45) is 0.419. The minimum absolute atomic E-state index is 0.0261. The number of aliphatic hydroxyl groups is 1. The molecule has 0 amide bonds. The van der Waals surface area contributed by atoms with Crippen molar-refractivity contribution in [3.63, 3.8) is 0 Å². The molecule has 7 heteroatoms. The molecule has 1 rings (SSSR count). The van der Waals surface area contributed by atoms with Crippen molar-refractivity contribution >= 4 is 10.4 Å². The largest absolute Gasteiger partial charge is 0.493 e. The molecular weight excluding hydrogens is 236 g/mol. The van der Waals surface area contributed by atoms with Gasteiger partial charge < -0.3 is 14.0 Å². The average Bonchev–Trinajstić information content (AvgIpc) is 2.18. The van der Waals surface area contributed by atoms with Gasteiger partial charge in [-0.15, -0.1) is 0 Å². The van der Waals surface area contributed by atoms with Gasteiger partial charge in [0.25, 0.3) is 0 Å². The summed E-state index contributed by atoms with van der Waals surface area (Å²) in [5.74, 6) is 0.0651. The smallest absolute Gasteiger partial charge is 0.446 e. The molecule has 0 aliphatic rings. The Balaban J connectivity index is 3.02. The fourth-order valence-corrected chi connectivity index (χ4v) is 1.54. The van der Waals surface area contributed by atoms with E-state index < -0.39 is 10.4 Å². The van der Waals surface area contributed by atoms with E-state index in [1.807, 2.05) is 0 Å². The Morgan fingerprint density at radius 3 is 2.50 bits per heavy atom. The van der Waals surface area contributed by atoms with Gasteiger partial charge in [0.2, 0.25) is 0 Å². The van der Waals surface area contributed by atoms with Crippen molar-refractivity contribution in [3.8, 4) is 11.5 Å². The molecule has 1 aromatic rings. The quantitative estimate of drug-likeness (QED) is 0.733.